The lowest BCUT2D eigenvalue weighted by atomic mass is 9.94. The molecule has 0 radical (unpaired) electrons. The minimum atomic E-state index is -2.58. The van der Waals surface area contributed by atoms with E-state index in [0.29, 0.717) is 13.0 Å². The van der Waals surface area contributed by atoms with Gasteiger partial charge in [-0.05, 0) is 80.4 Å². The Kier molecular flexibility index (Phi) is 8.28. The summed E-state index contributed by atoms with van der Waals surface area (Å²) >= 11 is 0. The number of carbonyl (C=O) groups excluding carboxylic acids is 2. The number of aliphatic hydroxyl groups is 1. The molecule has 0 bridgehead atoms. The van der Waals surface area contributed by atoms with Crippen LogP contribution in [0.4, 0.5) is 11.4 Å². The Labute approximate surface area is 232 Å². The highest BCUT2D eigenvalue weighted by molar-refractivity contribution is 6.71. The molecule has 2 amide bonds. The molecule has 39 heavy (non-hydrogen) atoms. The molecule has 2 fully saturated rings. The number of carbonyl (C=O) groups is 2. The van der Waals surface area contributed by atoms with Gasteiger partial charge in [0, 0.05) is 24.2 Å². The second-order valence-electron chi connectivity index (χ2n) is 12.1. The highest BCUT2D eigenvalue weighted by Crippen LogP contribution is 2.46. The average molecular weight is 551 g/mol. The van der Waals surface area contributed by atoms with Crippen molar-refractivity contribution in [1.29, 1.82) is 0 Å². The maximum atomic E-state index is 13.1. The predicted molar refractivity (Wildman–Crippen MR) is 154 cm³/mol. The van der Waals surface area contributed by atoms with E-state index < -0.39 is 8.32 Å². The predicted octanol–water partition coefficient (Wildman–Crippen LogP) is 4.57. The first kappa shape index (κ1) is 28.0. The van der Waals surface area contributed by atoms with Gasteiger partial charge in [-0.2, -0.15) is 0 Å². The smallest absolute Gasteiger partial charge is 0.231 e. The van der Waals surface area contributed by atoms with Gasteiger partial charge in [-0.3, -0.25) is 14.5 Å². The van der Waals surface area contributed by atoms with Crippen molar-refractivity contribution in [2.45, 2.75) is 88.8 Å². The summed E-state index contributed by atoms with van der Waals surface area (Å²) in [6.07, 6.45) is 4.62. The van der Waals surface area contributed by atoms with Gasteiger partial charge in [0.25, 0.3) is 0 Å². The number of hydrogen-bond donors (Lipinski definition) is 2. The van der Waals surface area contributed by atoms with E-state index in [0.717, 1.165) is 43.5 Å². The molecule has 210 valence electrons. The van der Waals surface area contributed by atoms with Gasteiger partial charge in [-0.1, -0.05) is 37.3 Å². The fraction of sp³-hybridized carbons (Fsp3) is 0.548. The number of aryl methyl sites for hydroxylation is 2. The van der Waals surface area contributed by atoms with Crippen LogP contribution < -0.4 is 4.90 Å². The molecule has 2 aromatic rings. The van der Waals surface area contributed by atoms with Gasteiger partial charge in [0.2, 0.25) is 11.8 Å². The number of fused-ring (bicyclic) bond motifs is 1. The minimum Gasteiger partial charge on any atom is -0.432 e. The summed E-state index contributed by atoms with van der Waals surface area (Å²) in [6, 6.07) is 16.2. The van der Waals surface area contributed by atoms with Crippen molar-refractivity contribution in [3.8, 4) is 0 Å². The number of likely N-dealkylation sites (tertiary alicyclic amines) is 1. The van der Waals surface area contributed by atoms with E-state index in [1.807, 2.05) is 48.3 Å². The highest BCUT2D eigenvalue weighted by Gasteiger charge is 2.50. The van der Waals surface area contributed by atoms with Crippen LogP contribution in [0.5, 0.6) is 0 Å². The van der Waals surface area contributed by atoms with Crippen molar-refractivity contribution in [3.63, 3.8) is 0 Å². The Balaban J connectivity index is 1.24. The maximum Gasteiger partial charge on any atom is 0.231 e. The molecule has 0 unspecified atom stereocenters. The molecule has 5 rings (SSSR count). The number of hydrogen-bond acceptors (Lipinski definition) is 5. The second-order valence-corrected chi connectivity index (χ2v) is 16.1. The normalized spacial score (nSPS) is 27.2. The molecule has 0 saturated carbocycles. The Morgan fingerprint density at radius 1 is 1.08 bits per heavy atom. The van der Waals surface area contributed by atoms with E-state index in [9.17, 15) is 19.5 Å². The lowest BCUT2D eigenvalue weighted by molar-refractivity contribution is -0.135. The van der Waals surface area contributed by atoms with Crippen molar-refractivity contribution in [2.24, 2.45) is 5.92 Å². The number of amides is 2. The van der Waals surface area contributed by atoms with E-state index in [-0.39, 0.29) is 54.6 Å². The molecule has 3 aliphatic rings. The van der Waals surface area contributed by atoms with Gasteiger partial charge in [0.1, 0.15) is 0 Å². The molecular formula is C31H42N2O5Si. The molecular weight excluding hydrogens is 508 g/mol. The number of para-hydroxylation sites is 1. The Morgan fingerprint density at radius 3 is 2.54 bits per heavy atom. The number of benzene rings is 2. The van der Waals surface area contributed by atoms with Crippen LogP contribution in [0.25, 0.3) is 0 Å². The zero-order valence-electron chi connectivity index (χ0n) is 23.4. The van der Waals surface area contributed by atoms with Crippen molar-refractivity contribution in [1.82, 2.24) is 4.90 Å². The van der Waals surface area contributed by atoms with Crippen LogP contribution in [-0.4, -0.2) is 66.3 Å². The standard InChI is InChI=1S/C31H42N2O5Si/c1-21-27(38-28(31(21)39(2,3)37)19-30(36)32-18-6-8-25(32)20-34)16-12-22-10-14-24(15-11-22)33-26-9-5-4-7-23(26)13-17-29(33)35/h4-5,7,9-11,14-15,21,25,27-28,31,34,37H,6,8,12-13,16-20H2,1-3H3/t21-,25+,27+,28-,31+/m1/s1. The molecule has 3 heterocycles. The molecule has 2 N–H and O–H groups in total. The van der Waals surface area contributed by atoms with Gasteiger partial charge in [0.15, 0.2) is 8.32 Å². The molecule has 0 spiro atoms. The first-order valence-electron chi connectivity index (χ1n) is 14.5. The highest BCUT2D eigenvalue weighted by atomic mass is 28.4. The third-order valence-electron chi connectivity index (χ3n) is 9.00. The third-order valence-corrected chi connectivity index (χ3v) is 11.5. The van der Waals surface area contributed by atoms with E-state index in [4.69, 9.17) is 4.74 Å². The summed E-state index contributed by atoms with van der Waals surface area (Å²) < 4.78 is 6.52. The number of rotatable bonds is 8. The van der Waals surface area contributed by atoms with Crippen LogP contribution >= 0.6 is 0 Å². The van der Waals surface area contributed by atoms with Crippen LogP contribution in [-0.2, 0) is 27.2 Å². The monoisotopic (exact) mass is 550 g/mol. The summed E-state index contributed by atoms with van der Waals surface area (Å²) in [5.74, 6) is 0.303. The Morgan fingerprint density at radius 2 is 1.82 bits per heavy atom. The maximum absolute atomic E-state index is 13.1. The van der Waals surface area contributed by atoms with Crippen molar-refractivity contribution in [2.75, 3.05) is 18.1 Å². The number of aliphatic hydroxyl groups excluding tert-OH is 1. The lowest BCUT2D eigenvalue weighted by Gasteiger charge is -2.31. The second kappa shape index (κ2) is 11.5. The fourth-order valence-electron chi connectivity index (χ4n) is 7.08. The molecule has 0 aromatic heterocycles. The van der Waals surface area contributed by atoms with E-state index in [1.54, 1.807) is 4.90 Å². The quantitative estimate of drug-likeness (QED) is 0.470. The molecule has 3 aliphatic heterocycles. The summed E-state index contributed by atoms with van der Waals surface area (Å²) in [5, 5.41) is 9.66. The molecule has 7 nitrogen and oxygen atoms in total. The first-order valence-corrected chi connectivity index (χ1v) is 17.5. The van der Waals surface area contributed by atoms with Gasteiger partial charge < -0.3 is 19.5 Å². The van der Waals surface area contributed by atoms with Crippen molar-refractivity contribution >= 4 is 31.5 Å². The third kappa shape index (κ3) is 5.84. The summed E-state index contributed by atoms with van der Waals surface area (Å²) in [6.45, 7) is 6.73. The lowest BCUT2D eigenvalue weighted by Crippen LogP contribution is -2.43. The van der Waals surface area contributed by atoms with E-state index >= 15 is 0 Å². The number of nitrogens with zero attached hydrogens (tertiary/aromatic N) is 2. The van der Waals surface area contributed by atoms with Gasteiger partial charge >= 0.3 is 0 Å². The van der Waals surface area contributed by atoms with Crippen LogP contribution in [0, 0.1) is 5.92 Å². The zero-order chi connectivity index (χ0) is 27.7. The molecule has 2 saturated heterocycles. The van der Waals surface area contributed by atoms with Crippen molar-refractivity contribution < 1.29 is 24.2 Å². The summed E-state index contributed by atoms with van der Waals surface area (Å²) in [4.78, 5) is 40.7. The molecule has 5 atom stereocenters. The van der Waals surface area contributed by atoms with Crippen LogP contribution in [0.3, 0.4) is 0 Å². The summed E-state index contributed by atoms with van der Waals surface area (Å²) in [5.41, 5.74) is 4.21. The number of ether oxygens (including phenoxy) is 1. The van der Waals surface area contributed by atoms with Gasteiger partial charge in [-0.25, -0.2) is 0 Å². The molecule has 2 aromatic carbocycles. The van der Waals surface area contributed by atoms with Crippen molar-refractivity contribution in [3.05, 3.63) is 59.7 Å². The SMILES string of the molecule is C[C@H]1[C@H]([Si](C)(C)O)[C@@H](CC(=O)N2CCC[C@H]2CO)O[C@H]1CCc1ccc(N2C(=O)CCc3ccccc32)cc1. The van der Waals surface area contributed by atoms with E-state index in [2.05, 4.69) is 25.1 Å². The van der Waals surface area contributed by atoms with Crippen LogP contribution in [0.2, 0.25) is 18.6 Å². The van der Waals surface area contributed by atoms with Gasteiger partial charge in [0.05, 0.1) is 37.0 Å². The molecule has 8 heteroatoms. The number of anilines is 2. The Hall–Kier alpha value is -2.52. The summed E-state index contributed by atoms with van der Waals surface area (Å²) in [7, 11) is -2.58. The Bertz CT molecular complexity index is 1180. The first-order chi connectivity index (χ1) is 18.7. The van der Waals surface area contributed by atoms with Crippen LogP contribution in [0.15, 0.2) is 48.5 Å². The van der Waals surface area contributed by atoms with Gasteiger partial charge in [-0.15, -0.1) is 0 Å². The largest absolute Gasteiger partial charge is 0.432 e. The zero-order valence-corrected chi connectivity index (χ0v) is 24.4. The molecule has 0 aliphatic carbocycles. The topological polar surface area (TPSA) is 90.3 Å². The van der Waals surface area contributed by atoms with E-state index in [1.165, 1.54) is 11.1 Å². The fourth-order valence-corrected chi connectivity index (χ4v) is 9.69. The average Bonchev–Trinajstić information content (AvgIpc) is 3.52. The minimum absolute atomic E-state index is 0.00279. The van der Waals surface area contributed by atoms with Crippen LogP contribution in [0.1, 0.15) is 50.2 Å².